The Kier molecular flexibility index (Phi) is 6.18. The van der Waals surface area contributed by atoms with Crippen LogP contribution in [0.5, 0.6) is 0 Å². The van der Waals surface area contributed by atoms with E-state index in [9.17, 15) is 9.59 Å². The van der Waals surface area contributed by atoms with Gasteiger partial charge in [0, 0.05) is 22.5 Å². The Labute approximate surface area is 203 Å². The summed E-state index contributed by atoms with van der Waals surface area (Å²) in [5.74, 6) is -1.34. The van der Waals surface area contributed by atoms with Gasteiger partial charge in [-0.3, -0.25) is 14.9 Å². The molecule has 4 aromatic carbocycles. The highest BCUT2D eigenvalue weighted by Gasteiger charge is 2.51. The Hall–Kier alpha value is -3.47. The summed E-state index contributed by atoms with van der Waals surface area (Å²) in [6, 6.07) is 29.8. The van der Waals surface area contributed by atoms with Crippen molar-refractivity contribution in [2.75, 3.05) is 7.11 Å². The molecular weight excluding hydrogens is 446 g/mol. The minimum atomic E-state index is -0.676. The van der Waals surface area contributed by atoms with Crippen LogP contribution in [0.4, 0.5) is 0 Å². The first kappa shape index (κ1) is 22.3. The minimum absolute atomic E-state index is 0.0161. The summed E-state index contributed by atoms with van der Waals surface area (Å²) in [7, 11) is 1.38. The molecule has 1 heterocycles. The maximum Gasteiger partial charge on any atom is 0.323 e. The first-order valence-corrected chi connectivity index (χ1v) is 11.6. The Morgan fingerprint density at radius 2 is 1.44 bits per heavy atom. The molecule has 0 amide bonds. The molecule has 0 unspecified atom stereocenters. The van der Waals surface area contributed by atoms with Gasteiger partial charge in [0.25, 0.3) is 0 Å². The van der Waals surface area contributed by atoms with E-state index >= 15 is 0 Å². The normalized spacial score (nSPS) is 21.9. The highest BCUT2D eigenvalue weighted by atomic mass is 35.5. The number of fused-ring (bicyclic) bond motifs is 1. The second-order valence-corrected chi connectivity index (χ2v) is 9.02. The number of ether oxygens (including phenoxy) is 1. The number of ketones is 1. The molecule has 1 fully saturated rings. The van der Waals surface area contributed by atoms with Gasteiger partial charge in [0.05, 0.1) is 13.0 Å². The standard InChI is InChI=1S/C29H24ClNO3/c1-34-29(33)27-24(22-12-11-18-7-5-6-10-21(18)17-22)25(28(32)20-8-3-2-4-9-20)26(31-27)19-13-15-23(30)16-14-19/h2-17,24-27,31H,1H3/t24-,25-,26-,27-/m0/s1. The van der Waals surface area contributed by atoms with Crippen molar-refractivity contribution in [2.24, 2.45) is 5.92 Å². The lowest BCUT2D eigenvalue weighted by atomic mass is 9.76. The molecule has 1 saturated heterocycles. The molecule has 34 heavy (non-hydrogen) atoms. The molecule has 5 heteroatoms. The average Bonchev–Trinajstić information content (AvgIpc) is 3.29. The van der Waals surface area contributed by atoms with Crippen molar-refractivity contribution in [3.05, 3.63) is 119 Å². The summed E-state index contributed by atoms with van der Waals surface area (Å²) in [6.45, 7) is 0. The van der Waals surface area contributed by atoms with Crippen LogP contribution in [0.2, 0.25) is 5.02 Å². The minimum Gasteiger partial charge on any atom is -0.468 e. The van der Waals surface area contributed by atoms with Gasteiger partial charge in [-0.2, -0.15) is 0 Å². The van der Waals surface area contributed by atoms with E-state index < -0.39 is 17.9 Å². The summed E-state index contributed by atoms with van der Waals surface area (Å²) >= 11 is 6.13. The van der Waals surface area contributed by atoms with Crippen molar-refractivity contribution >= 4 is 34.1 Å². The Morgan fingerprint density at radius 1 is 0.794 bits per heavy atom. The first-order chi connectivity index (χ1) is 16.6. The van der Waals surface area contributed by atoms with E-state index in [1.165, 1.54) is 7.11 Å². The smallest absolute Gasteiger partial charge is 0.323 e. The van der Waals surface area contributed by atoms with Crippen LogP contribution in [0.15, 0.2) is 97.1 Å². The highest BCUT2D eigenvalue weighted by molar-refractivity contribution is 6.30. The number of methoxy groups -OCH3 is 1. The summed E-state index contributed by atoms with van der Waals surface area (Å²) < 4.78 is 5.18. The number of hydrogen-bond donors (Lipinski definition) is 1. The Bertz CT molecular complexity index is 1340. The molecule has 1 aliphatic heterocycles. The van der Waals surface area contributed by atoms with Gasteiger partial charge in [0.1, 0.15) is 6.04 Å². The molecule has 1 aliphatic rings. The molecule has 0 bridgehead atoms. The van der Waals surface area contributed by atoms with Crippen LogP contribution >= 0.6 is 11.6 Å². The summed E-state index contributed by atoms with van der Waals surface area (Å²) in [5.41, 5.74) is 2.44. The van der Waals surface area contributed by atoms with Gasteiger partial charge in [-0.1, -0.05) is 96.5 Å². The second-order valence-electron chi connectivity index (χ2n) is 8.59. The predicted molar refractivity (Wildman–Crippen MR) is 134 cm³/mol. The number of rotatable bonds is 5. The van der Waals surface area contributed by atoms with Crippen LogP contribution in [0.3, 0.4) is 0 Å². The Balaban J connectivity index is 1.68. The van der Waals surface area contributed by atoms with E-state index in [-0.39, 0.29) is 17.8 Å². The fraction of sp³-hybridized carbons (Fsp3) is 0.172. The van der Waals surface area contributed by atoms with Crippen molar-refractivity contribution in [1.29, 1.82) is 0 Å². The predicted octanol–water partition coefficient (Wildman–Crippen LogP) is 5.96. The maximum absolute atomic E-state index is 14.0. The quantitative estimate of drug-likeness (QED) is 0.289. The van der Waals surface area contributed by atoms with Crippen LogP contribution in [0.25, 0.3) is 10.8 Å². The molecule has 0 saturated carbocycles. The lowest BCUT2D eigenvalue weighted by Gasteiger charge is -2.25. The van der Waals surface area contributed by atoms with Crippen LogP contribution in [-0.2, 0) is 9.53 Å². The molecule has 170 valence electrons. The van der Waals surface area contributed by atoms with E-state index in [4.69, 9.17) is 16.3 Å². The molecule has 0 aromatic heterocycles. The number of halogens is 1. The van der Waals surface area contributed by atoms with Gasteiger partial charge >= 0.3 is 5.97 Å². The van der Waals surface area contributed by atoms with Crippen molar-refractivity contribution in [3.8, 4) is 0 Å². The molecule has 4 aromatic rings. The number of hydrogen-bond acceptors (Lipinski definition) is 4. The molecule has 4 atom stereocenters. The molecule has 4 nitrogen and oxygen atoms in total. The van der Waals surface area contributed by atoms with E-state index in [1.807, 2.05) is 78.9 Å². The van der Waals surface area contributed by atoms with Gasteiger partial charge < -0.3 is 4.74 Å². The van der Waals surface area contributed by atoms with E-state index in [0.29, 0.717) is 10.6 Å². The highest BCUT2D eigenvalue weighted by Crippen LogP contribution is 2.46. The van der Waals surface area contributed by atoms with Crippen molar-refractivity contribution < 1.29 is 14.3 Å². The van der Waals surface area contributed by atoms with E-state index in [1.54, 1.807) is 12.1 Å². The number of nitrogens with one attached hydrogen (secondary N) is 1. The zero-order valence-corrected chi connectivity index (χ0v) is 19.4. The third-order valence-corrected chi connectivity index (χ3v) is 6.92. The van der Waals surface area contributed by atoms with Crippen molar-refractivity contribution in [1.82, 2.24) is 5.32 Å². The lowest BCUT2D eigenvalue weighted by molar-refractivity contribution is -0.143. The van der Waals surface area contributed by atoms with Gasteiger partial charge in [-0.05, 0) is 34.0 Å². The number of carbonyl (C=O) groups excluding carboxylic acids is 2. The fourth-order valence-corrected chi connectivity index (χ4v) is 5.18. The van der Waals surface area contributed by atoms with Gasteiger partial charge in [-0.25, -0.2) is 0 Å². The molecule has 0 spiro atoms. The SMILES string of the molecule is COC(=O)[C@H]1N[C@@H](c2ccc(Cl)cc2)[C@@H](C(=O)c2ccccc2)[C@@H]1c1ccc2ccccc2c1. The zero-order chi connectivity index (χ0) is 23.7. The van der Waals surface area contributed by atoms with E-state index in [2.05, 4.69) is 11.4 Å². The Morgan fingerprint density at radius 3 is 2.15 bits per heavy atom. The van der Waals surface area contributed by atoms with Crippen molar-refractivity contribution in [2.45, 2.75) is 18.0 Å². The first-order valence-electron chi connectivity index (χ1n) is 11.2. The van der Waals surface area contributed by atoms with Crippen LogP contribution in [-0.4, -0.2) is 24.9 Å². The molecular formula is C29H24ClNO3. The largest absolute Gasteiger partial charge is 0.468 e. The third-order valence-electron chi connectivity index (χ3n) is 6.67. The second kappa shape index (κ2) is 9.41. The van der Waals surface area contributed by atoms with E-state index in [0.717, 1.165) is 21.9 Å². The molecule has 1 N–H and O–H groups in total. The third kappa shape index (κ3) is 4.11. The zero-order valence-electron chi connectivity index (χ0n) is 18.6. The maximum atomic E-state index is 14.0. The van der Waals surface area contributed by atoms with Crippen LogP contribution in [0.1, 0.15) is 33.4 Å². The monoisotopic (exact) mass is 469 g/mol. The topological polar surface area (TPSA) is 55.4 Å². The number of benzene rings is 4. The summed E-state index contributed by atoms with van der Waals surface area (Å²) in [5, 5.41) is 6.21. The van der Waals surface area contributed by atoms with Gasteiger partial charge in [0.2, 0.25) is 0 Å². The molecule has 0 radical (unpaired) electrons. The lowest BCUT2D eigenvalue weighted by Crippen LogP contribution is -2.36. The van der Waals surface area contributed by atoms with Crippen molar-refractivity contribution in [3.63, 3.8) is 0 Å². The van der Waals surface area contributed by atoms with Crippen LogP contribution < -0.4 is 5.32 Å². The van der Waals surface area contributed by atoms with Gasteiger partial charge in [0.15, 0.2) is 5.78 Å². The number of carbonyl (C=O) groups is 2. The summed E-state index contributed by atoms with van der Waals surface area (Å²) in [6.07, 6.45) is 0. The molecule has 5 rings (SSSR count). The average molecular weight is 470 g/mol. The molecule has 0 aliphatic carbocycles. The fourth-order valence-electron chi connectivity index (χ4n) is 5.05. The van der Waals surface area contributed by atoms with Crippen LogP contribution in [0, 0.1) is 5.92 Å². The summed E-state index contributed by atoms with van der Waals surface area (Å²) in [4.78, 5) is 27.0. The number of esters is 1. The van der Waals surface area contributed by atoms with Gasteiger partial charge in [-0.15, -0.1) is 0 Å². The number of Topliss-reactive ketones (excluding diaryl/α,β-unsaturated/α-hetero) is 1.